The van der Waals surface area contributed by atoms with E-state index in [-0.39, 0.29) is 5.56 Å². The fourth-order valence-corrected chi connectivity index (χ4v) is 4.67. The molecule has 1 saturated heterocycles. The van der Waals surface area contributed by atoms with Crippen LogP contribution < -0.4 is 10.2 Å². The number of anilines is 2. The normalized spacial score (nSPS) is 15.7. The maximum Gasteiger partial charge on any atom is 0.258 e. The van der Waals surface area contributed by atoms with Crippen LogP contribution in [-0.2, 0) is 0 Å². The molecule has 1 amide bonds. The minimum atomic E-state index is -0.507. The van der Waals surface area contributed by atoms with Gasteiger partial charge in [-0.25, -0.2) is 4.39 Å². The van der Waals surface area contributed by atoms with Crippen LogP contribution >= 0.6 is 0 Å². The number of carbonyl (C=O) groups is 1. The zero-order valence-electron chi connectivity index (χ0n) is 18.8. The average Bonchev–Trinajstić information content (AvgIpc) is 3.25. The number of halogens is 1. The molecule has 1 atom stereocenters. The van der Waals surface area contributed by atoms with Gasteiger partial charge in [0.1, 0.15) is 5.82 Å². The summed E-state index contributed by atoms with van der Waals surface area (Å²) >= 11 is 0. The molecule has 0 bridgehead atoms. The monoisotopic (exact) mass is 439 g/mol. The molecule has 5 rings (SSSR count). The quantitative estimate of drug-likeness (QED) is 0.390. The highest BCUT2D eigenvalue weighted by Crippen LogP contribution is 2.31. The van der Waals surface area contributed by atoms with Gasteiger partial charge in [0, 0.05) is 41.1 Å². The van der Waals surface area contributed by atoms with E-state index in [1.54, 1.807) is 12.3 Å². The molecule has 1 N–H and O–H groups in total. The second-order valence-corrected chi connectivity index (χ2v) is 8.71. The molecular formula is C28H26FN3O. The standard InChI is InChI=1S/C28H26FN3O/c1-18-9-10-21(16-25(18)27-23-8-4-3-7-20(23)13-14-30-27)31-28(33)24-12-11-22(17-26(24)29)32-15-5-6-19(32)2/h3-4,7-14,16-17,19H,5-6,15H2,1-2H3,(H,31,33). The number of hydrogen-bond acceptors (Lipinski definition) is 3. The van der Waals surface area contributed by atoms with Gasteiger partial charge in [-0.15, -0.1) is 0 Å². The number of nitrogens with one attached hydrogen (secondary N) is 1. The Balaban J connectivity index is 1.43. The summed E-state index contributed by atoms with van der Waals surface area (Å²) in [4.78, 5) is 19.7. The molecule has 0 radical (unpaired) electrons. The van der Waals surface area contributed by atoms with E-state index in [1.165, 1.54) is 6.07 Å². The number of carbonyl (C=O) groups excluding carboxylic acids is 1. The molecule has 1 aromatic heterocycles. The van der Waals surface area contributed by atoms with Crippen molar-refractivity contribution in [2.45, 2.75) is 32.7 Å². The van der Waals surface area contributed by atoms with Gasteiger partial charge in [-0.05, 0) is 74.0 Å². The third-order valence-corrected chi connectivity index (χ3v) is 6.51. The number of benzene rings is 3. The van der Waals surface area contributed by atoms with Crippen LogP contribution in [0.4, 0.5) is 15.8 Å². The van der Waals surface area contributed by atoms with E-state index in [2.05, 4.69) is 28.2 Å². The Morgan fingerprint density at radius 3 is 2.73 bits per heavy atom. The highest BCUT2D eigenvalue weighted by Gasteiger charge is 2.22. The van der Waals surface area contributed by atoms with Crippen molar-refractivity contribution >= 4 is 28.1 Å². The van der Waals surface area contributed by atoms with Gasteiger partial charge < -0.3 is 10.2 Å². The van der Waals surface area contributed by atoms with Gasteiger partial charge in [0.2, 0.25) is 0 Å². The van der Waals surface area contributed by atoms with Gasteiger partial charge in [-0.2, -0.15) is 0 Å². The molecule has 0 saturated carbocycles. The summed E-state index contributed by atoms with van der Waals surface area (Å²) < 4.78 is 14.9. The van der Waals surface area contributed by atoms with Crippen molar-refractivity contribution in [3.8, 4) is 11.3 Å². The molecule has 166 valence electrons. The number of rotatable bonds is 4. The van der Waals surface area contributed by atoms with Crippen molar-refractivity contribution in [2.24, 2.45) is 0 Å². The molecule has 33 heavy (non-hydrogen) atoms. The maximum atomic E-state index is 14.9. The predicted molar refractivity (Wildman–Crippen MR) is 132 cm³/mol. The first-order chi connectivity index (χ1) is 16.0. The first kappa shape index (κ1) is 21.1. The van der Waals surface area contributed by atoms with Crippen molar-refractivity contribution in [1.82, 2.24) is 4.98 Å². The summed E-state index contributed by atoms with van der Waals surface area (Å²) in [5.41, 5.74) is 4.31. The molecule has 4 aromatic rings. The van der Waals surface area contributed by atoms with Crippen molar-refractivity contribution in [1.29, 1.82) is 0 Å². The van der Waals surface area contributed by atoms with Gasteiger partial charge in [0.15, 0.2) is 0 Å². The minimum Gasteiger partial charge on any atom is -0.369 e. The lowest BCUT2D eigenvalue weighted by atomic mass is 9.99. The van der Waals surface area contributed by atoms with Gasteiger partial charge in [-0.3, -0.25) is 9.78 Å². The smallest absolute Gasteiger partial charge is 0.258 e. The molecule has 0 spiro atoms. The zero-order chi connectivity index (χ0) is 22.9. The van der Waals surface area contributed by atoms with Crippen LogP contribution in [0.5, 0.6) is 0 Å². The van der Waals surface area contributed by atoms with Crippen molar-refractivity contribution in [3.05, 3.63) is 89.9 Å². The number of aryl methyl sites for hydroxylation is 1. The lowest BCUT2D eigenvalue weighted by molar-refractivity contribution is 0.102. The number of fused-ring (bicyclic) bond motifs is 1. The summed E-state index contributed by atoms with van der Waals surface area (Å²) in [6, 6.07) is 21.0. The first-order valence-corrected chi connectivity index (χ1v) is 11.3. The maximum absolute atomic E-state index is 14.9. The summed E-state index contributed by atoms with van der Waals surface area (Å²) in [6.45, 7) is 5.08. The number of hydrogen-bond donors (Lipinski definition) is 1. The average molecular weight is 440 g/mol. The molecule has 1 aliphatic heterocycles. The van der Waals surface area contributed by atoms with E-state index in [4.69, 9.17) is 0 Å². The molecule has 1 unspecified atom stereocenters. The lowest BCUT2D eigenvalue weighted by Crippen LogP contribution is -2.26. The molecule has 0 aliphatic carbocycles. The SMILES string of the molecule is Cc1ccc(NC(=O)c2ccc(N3CCCC3C)cc2F)cc1-c1nccc2ccccc12. The van der Waals surface area contributed by atoms with Crippen LogP contribution in [0.3, 0.4) is 0 Å². The second-order valence-electron chi connectivity index (χ2n) is 8.71. The predicted octanol–water partition coefficient (Wildman–Crippen LogP) is 6.59. The Hall–Kier alpha value is -3.73. The third kappa shape index (κ3) is 4.07. The summed E-state index contributed by atoms with van der Waals surface area (Å²) in [5.74, 6) is -0.971. The van der Waals surface area contributed by atoms with Gasteiger partial charge >= 0.3 is 0 Å². The Morgan fingerprint density at radius 2 is 1.94 bits per heavy atom. The number of amides is 1. The fourth-order valence-electron chi connectivity index (χ4n) is 4.67. The van der Waals surface area contributed by atoms with Crippen molar-refractivity contribution in [3.63, 3.8) is 0 Å². The topological polar surface area (TPSA) is 45.2 Å². The first-order valence-electron chi connectivity index (χ1n) is 11.3. The Labute approximate surface area is 193 Å². The fraction of sp³-hybridized carbons (Fsp3) is 0.214. The number of nitrogens with zero attached hydrogens (tertiary/aromatic N) is 2. The van der Waals surface area contributed by atoms with E-state index in [0.717, 1.165) is 52.7 Å². The highest BCUT2D eigenvalue weighted by atomic mass is 19.1. The van der Waals surface area contributed by atoms with Gasteiger partial charge in [-0.1, -0.05) is 30.3 Å². The summed E-state index contributed by atoms with van der Waals surface area (Å²) in [6.07, 6.45) is 4.00. The lowest BCUT2D eigenvalue weighted by Gasteiger charge is -2.24. The van der Waals surface area contributed by atoms with E-state index in [1.807, 2.05) is 55.5 Å². The molecule has 4 nitrogen and oxygen atoms in total. The zero-order valence-corrected chi connectivity index (χ0v) is 18.8. The van der Waals surface area contributed by atoms with Crippen LogP contribution in [-0.4, -0.2) is 23.5 Å². The molecular weight excluding hydrogens is 413 g/mol. The summed E-state index contributed by atoms with van der Waals surface area (Å²) in [5, 5.41) is 5.01. The van der Waals surface area contributed by atoms with Crippen LogP contribution in [0.15, 0.2) is 72.9 Å². The Bertz CT molecular complexity index is 1350. The molecule has 5 heteroatoms. The van der Waals surface area contributed by atoms with E-state index in [0.29, 0.717) is 11.7 Å². The van der Waals surface area contributed by atoms with Gasteiger partial charge in [0.05, 0.1) is 11.3 Å². The third-order valence-electron chi connectivity index (χ3n) is 6.51. The Morgan fingerprint density at radius 1 is 1.09 bits per heavy atom. The van der Waals surface area contributed by atoms with Crippen LogP contribution in [0.2, 0.25) is 0 Å². The summed E-state index contributed by atoms with van der Waals surface area (Å²) in [7, 11) is 0. The van der Waals surface area contributed by atoms with Gasteiger partial charge in [0.25, 0.3) is 5.91 Å². The van der Waals surface area contributed by atoms with E-state index in [9.17, 15) is 9.18 Å². The molecule has 3 aromatic carbocycles. The number of aromatic nitrogens is 1. The highest BCUT2D eigenvalue weighted by molar-refractivity contribution is 6.05. The Kier molecular flexibility index (Phi) is 5.55. The largest absolute Gasteiger partial charge is 0.369 e. The molecule has 1 fully saturated rings. The minimum absolute atomic E-state index is 0.0380. The van der Waals surface area contributed by atoms with Crippen LogP contribution in [0.1, 0.15) is 35.7 Å². The second kappa shape index (κ2) is 8.66. The van der Waals surface area contributed by atoms with Crippen LogP contribution in [0, 0.1) is 12.7 Å². The molecule has 1 aliphatic rings. The van der Waals surface area contributed by atoms with E-state index < -0.39 is 11.7 Å². The van der Waals surface area contributed by atoms with Crippen LogP contribution in [0.25, 0.3) is 22.0 Å². The van der Waals surface area contributed by atoms with E-state index >= 15 is 0 Å². The number of pyridine rings is 1. The van der Waals surface area contributed by atoms with Crippen molar-refractivity contribution < 1.29 is 9.18 Å². The molecule has 2 heterocycles. The van der Waals surface area contributed by atoms with Crippen molar-refractivity contribution in [2.75, 3.05) is 16.8 Å².